The van der Waals surface area contributed by atoms with E-state index < -0.39 is 17.2 Å². The van der Waals surface area contributed by atoms with Crippen LogP contribution >= 0.6 is 0 Å². The third-order valence-corrected chi connectivity index (χ3v) is 8.45. The summed E-state index contributed by atoms with van der Waals surface area (Å²) < 4.78 is 38.4. The number of amides is 3. The monoisotopic (exact) mass is 509 g/mol. The number of hydrogen-bond donors (Lipinski definition) is 1. The van der Waals surface area contributed by atoms with Crippen molar-refractivity contribution in [2.45, 2.75) is 63.3 Å². The lowest BCUT2D eigenvalue weighted by molar-refractivity contribution is -0.141. The van der Waals surface area contributed by atoms with Crippen molar-refractivity contribution in [3.8, 4) is 0 Å². The van der Waals surface area contributed by atoms with Crippen molar-refractivity contribution in [3.63, 3.8) is 0 Å². The molecule has 1 spiro atoms. The zero-order valence-corrected chi connectivity index (χ0v) is 20.4. The van der Waals surface area contributed by atoms with E-state index in [-0.39, 0.29) is 24.1 Å². The predicted octanol–water partition coefficient (Wildman–Crippen LogP) is 2.96. The highest BCUT2D eigenvalue weighted by atomic mass is 19.4. The van der Waals surface area contributed by atoms with Crippen molar-refractivity contribution in [3.05, 3.63) is 23.9 Å². The van der Waals surface area contributed by atoms with Crippen molar-refractivity contribution < 1.29 is 27.9 Å². The molecule has 5 rings (SSSR count). The van der Waals surface area contributed by atoms with E-state index in [9.17, 15) is 27.9 Å². The number of aromatic nitrogens is 1. The van der Waals surface area contributed by atoms with Crippen LogP contribution in [0.3, 0.4) is 0 Å². The Bertz CT molecular complexity index is 959. The highest BCUT2D eigenvalue weighted by Crippen LogP contribution is 2.42. The number of aliphatic hydroxyl groups is 1. The van der Waals surface area contributed by atoms with Crippen LogP contribution in [-0.2, 0) is 11.0 Å². The van der Waals surface area contributed by atoms with E-state index >= 15 is 0 Å². The topological polar surface area (TPSA) is 80.2 Å². The molecule has 4 fully saturated rings. The van der Waals surface area contributed by atoms with Crippen molar-refractivity contribution in [2.24, 2.45) is 5.41 Å². The highest BCUT2D eigenvalue weighted by molar-refractivity contribution is 5.86. The quantitative estimate of drug-likeness (QED) is 0.663. The van der Waals surface area contributed by atoms with Gasteiger partial charge in [-0.2, -0.15) is 13.2 Å². The predicted molar refractivity (Wildman–Crippen MR) is 126 cm³/mol. The fourth-order valence-corrected chi connectivity index (χ4v) is 6.31. The minimum Gasteiger partial charge on any atom is -0.393 e. The molecule has 4 heterocycles. The molecule has 1 N–H and O–H groups in total. The van der Waals surface area contributed by atoms with Gasteiger partial charge in [0.2, 0.25) is 5.91 Å². The van der Waals surface area contributed by atoms with E-state index in [1.54, 1.807) is 4.90 Å². The Morgan fingerprint density at radius 3 is 2.33 bits per heavy atom. The molecule has 1 atom stereocenters. The minimum absolute atomic E-state index is 0.0684. The van der Waals surface area contributed by atoms with Gasteiger partial charge >= 0.3 is 12.2 Å². The molecule has 11 heteroatoms. The van der Waals surface area contributed by atoms with Crippen LogP contribution in [0.2, 0.25) is 0 Å². The SMILES string of the molecule is O=C(N1CCN(c2ccc(C(F)(F)F)cn2)CC1)N1CCCC2(CCN(C3CCC(O)CC3)C2=O)C1. The molecule has 1 aromatic rings. The largest absolute Gasteiger partial charge is 0.417 e. The number of pyridine rings is 1. The van der Waals surface area contributed by atoms with Crippen LogP contribution in [0.5, 0.6) is 0 Å². The first-order chi connectivity index (χ1) is 17.2. The number of urea groups is 1. The standard InChI is InChI=1S/C25H34F3N5O3/c26-25(27,28)18-2-7-21(29-16-18)30-12-14-31(15-13-30)23(36)32-10-1-8-24(17-32)9-11-33(22(24)35)19-3-5-20(34)6-4-19/h2,7,16,19-20,34H,1,3-6,8-15,17H2. The second kappa shape index (κ2) is 9.72. The summed E-state index contributed by atoms with van der Waals surface area (Å²) in [5.74, 6) is 0.637. The molecule has 4 aliphatic rings. The molecule has 0 bridgehead atoms. The molecule has 1 aromatic heterocycles. The summed E-state index contributed by atoms with van der Waals surface area (Å²) in [4.78, 5) is 38.3. The highest BCUT2D eigenvalue weighted by Gasteiger charge is 2.51. The van der Waals surface area contributed by atoms with Gasteiger partial charge in [-0.1, -0.05) is 0 Å². The molecule has 3 saturated heterocycles. The number of piperazine rings is 1. The van der Waals surface area contributed by atoms with Gasteiger partial charge in [0.15, 0.2) is 0 Å². The van der Waals surface area contributed by atoms with E-state index in [4.69, 9.17) is 0 Å². The van der Waals surface area contributed by atoms with Gasteiger partial charge in [0, 0.05) is 58.1 Å². The lowest BCUT2D eigenvalue weighted by Crippen LogP contribution is -2.57. The number of alkyl halides is 3. The fraction of sp³-hybridized carbons (Fsp3) is 0.720. The lowest BCUT2D eigenvalue weighted by Gasteiger charge is -2.43. The Morgan fingerprint density at radius 2 is 1.69 bits per heavy atom. The van der Waals surface area contributed by atoms with Gasteiger partial charge < -0.3 is 24.7 Å². The second-order valence-electron chi connectivity index (χ2n) is 10.7. The van der Waals surface area contributed by atoms with Gasteiger partial charge in [0.1, 0.15) is 5.82 Å². The average molecular weight is 510 g/mol. The Hall–Kier alpha value is -2.56. The summed E-state index contributed by atoms with van der Waals surface area (Å²) in [7, 11) is 0. The van der Waals surface area contributed by atoms with Crippen molar-refractivity contribution >= 4 is 17.8 Å². The zero-order valence-electron chi connectivity index (χ0n) is 20.4. The Balaban J connectivity index is 1.17. The molecule has 0 radical (unpaired) electrons. The molecule has 1 aliphatic carbocycles. The van der Waals surface area contributed by atoms with Crippen molar-refractivity contribution in [1.82, 2.24) is 19.7 Å². The molecule has 1 saturated carbocycles. The number of carbonyl (C=O) groups is 2. The maximum absolute atomic E-state index is 13.5. The Kier molecular flexibility index (Phi) is 6.78. The van der Waals surface area contributed by atoms with Crippen LogP contribution in [0.4, 0.5) is 23.8 Å². The number of rotatable bonds is 2. The minimum atomic E-state index is -4.42. The smallest absolute Gasteiger partial charge is 0.393 e. The normalized spacial score (nSPS) is 29.8. The molecule has 198 valence electrons. The zero-order chi connectivity index (χ0) is 25.5. The van der Waals surface area contributed by atoms with E-state index in [0.717, 1.165) is 63.8 Å². The Labute approximate surface area is 209 Å². The summed E-state index contributed by atoms with van der Waals surface area (Å²) in [6.45, 7) is 3.68. The number of likely N-dealkylation sites (tertiary alicyclic amines) is 2. The van der Waals surface area contributed by atoms with Crippen molar-refractivity contribution in [2.75, 3.05) is 50.7 Å². The molecule has 3 aliphatic heterocycles. The summed E-state index contributed by atoms with van der Waals surface area (Å²) in [6.07, 6.45) is 1.68. The van der Waals surface area contributed by atoms with Crippen LogP contribution in [0, 0.1) is 5.41 Å². The molecule has 0 aromatic carbocycles. The number of halogens is 3. The van der Waals surface area contributed by atoms with E-state index in [1.165, 1.54) is 6.07 Å². The first kappa shape index (κ1) is 25.1. The van der Waals surface area contributed by atoms with Gasteiger partial charge in [-0.05, 0) is 57.1 Å². The average Bonchev–Trinajstić information content (AvgIpc) is 3.18. The molecule has 3 amide bonds. The van der Waals surface area contributed by atoms with Crippen LogP contribution < -0.4 is 4.90 Å². The van der Waals surface area contributed by atoms with E-state index in [0.29, 0.717) is 45.1 Å². The first-order valence-corrected chi connectivity index (χ1v) is 13.0. The maximum Gasteiger partial charge on any atom is 0.417 e. The fourth-order valence-electron chi connectivity index (χ4n) is 6.31. The second-order valence-corrected chi connectivity index (χ2v) is 10.7. The lowest BCUT2D eigenvalue weighted by atomic mass is 9.78. The van der Waals surface area contributed by atoms with Crippen LogP contribution in [0.1, 0.15) is 50.5 Å². The van der Waals surface area contributed by atoms with Crippen molar-refractivity contribution in [1.29, 1.82) is 0 Å². The molecular formula is C25H34F3N5O3. The van der Waals surface area contributed by atoms with E-state index in [2.05, 4.69) is 4.98 Å². The first-order valence-electron chi connectivity index (χ1n) is 13.0. The third kappa shape index (κ3) is 4.86. The third-order valence-electron chi connectivity index (χ3n) is 8.45. The summed E-state index contributed by atoms with van der Waals surface area (Å²) in [6, 6.07) is 2.53. The van der Waals surface area contributed by atoms with Gasteiger partial charge in [-0.25, -0.2) is 9.78 Å². The number of hydrogen-bond acceptors (Lipinski definition) is 5. The molecule has 36 heavy (non-hydrogen) atoms. The number of anilines is 1. The summed E-state index contributed by atoms with van der Waals surface area (Å²) in [5.41, 5.74) is -1.28. The van der Waals surface area contributed by atoms with Crippen LogP contribution in [0.25, 0.3) is 0 Å². The number of carbonyl (C=O) groups excluding carboxylic acids is 2. The Morgan fingerprint density at radius 1 is 0.972 bits per heavy atom. The molecular weight excluding hydrogens is 475 g/mol. The number of aliphatic hydroxyl groups excluding tert-OH is 1. The maximum atomic E-state index is 13.5. The van der Waals surface area contributed by atoms with Gasteiger partial charge in [-0.15, -0.1) is 0 Å². The van der Waals surface area contributed by atoms with Gasteiger partial charge in [0.25, 0.3) is 0 Å². The van der Waals surface area contributed by atoms with E-state index in [1.807, 2.05) is 14.7 Å². The number of piperidine rings is 1. The molecule has 8 nitrogen and oxygen atoms in total. The summed E-state index contributed by atoms with van der Waals surface area (Å²) in [5, 5.41) is 9.82. The van der Waals surface area contributed by atoms with Gasteiger partial charge in [-0.3, -0.25) is 4.79 Å². The van der Waals surface area contributed by atoms with Crippen LogP contribution in [-0.4, -0.2) is 94.7 Å². The molecule has 1 unspecified atom stereocenters. The number of nitrogens with zero attached hydrogens (tertiary/aromatic N) is 5. The van der Waals surface area contributed by atoms with Crippen LogP contribution in [0.15, 0.2) is 18.3 Å². The summed E-state index contributed by atoms with van der Waals surface area (Å²) >= 11 is 0. The van der Waals surface area contributed by atoms with Gasteiger partial charge in [0.05, 0.1) is 17.1 Å².